The van der Waals surface area contributed by atoms with Crippen molar-refractivity contribution in [2.45, 2.75) is 27.2 Å². The molecule has 1 heterocycles. The van der Waals surface area contributed by atoms with Crippen molar-refractivity contribution >= 4 is 11.6 Å². The second-order valence-corrected chi connectivity index (χ2v) is 8.39. The molecule has 0 saturated carbocycles. The van der Waals surface area contributed by atoms with E-state index in [2.05, 4.69) is 35.7 Å². The van der Waals surface area contributed by atoms with Gasteiger partial charge < -0.3 is 9.84 Å². The number of H-pyrrole nitrogens is 1. The lowest BCUT2D eigenvalue weighted by atomic mass is 9.99. The summed E-state index contributed by atoms with van der Waals surface area (Å²) in [5.74, 6) is 1.38. The molecule has 0 fully saturated rings. The second-order valence-electron chi connectivity index (χ2n) is 7.99. The van der Waals surface area contributed by atoms with Crippen molar-refractivity contribution in [2.24, 2.45) is 5.41 Å². The van der Waals surface area contributed by atoms with Crippen molar-refractivity contribution < 1.29 is 9.84 Å². The van der Waals surface area contributed by atoms with Crippen molar-refractivity contribution in [1.82, 2.24) is 15.0 Å². The monoisotopic (exact) mass is 413 g/mol. The summed E-state index contributed by atoms with van der Waals surface area (Å²) in [6.45, 7) is 6.94. The highest BCUT2D eigenvalue weighted by atomic mass is 35.5. The van der Waals surface area contributed by atoms with Gasteiger partial charge in [0.05, 0.1) is 11.6 Å². The third kappa shape index (κ3) is 5.65. The minimum atomic E-state index is -0.512. The van der Waals surface area contributed by atoms with Crippen molar-refractivity contribution in [3.8, 4) is 28.5 Å². The van der Waals surface area contributed by atoms with Gasteiger partial charge in [-0.1, -0.05) is 38.4 Å². The fourth-order valence-corrected chi connectivity index (χ4v) is 2.89. The topological polar surface area (TPSA) is 88.1 Å². The molecule has 2 N–H and O–H groups in total. The fraction of sp³-hybridized carbons (Fsp3) is 0.318. The van der Waals surface area contributed by atoms with Gasteiger partial charge in [0.25, 0.3) is 0 Å². The first-order valence-corrected chi connectivity index (χ1v) is 9.74. The first-order chi connectivity index (χ1) is 13.7. The third-order valence-electron chi connectivity index (χ3n) is 4.12. The van der Waals surface area contributed by atoms with Crippen LogP contribution in [0.5, 0.6) is 5.75 Å². The Bertz CT molecular complexity index is 1040. The molecule has 0 saturated heterocycles. The Morgan fingerprint density at radius 3 is 2.48 bits per heavy atom. The van der Waals surface area contributed by atoms with Gasteiger partial charge in [0.15, 0.2) is 5.82 Å². The lowest BCUT2D eigenvalue weighted by Crippen LogP contribution is -2.16. The lowest BCUT2D eigenvalue weighted by molar-refractivity contribution is 0.198. The van der Waals surface area contributed by atoms with Gasteiger partial charge in [-0.05, 0) is 53.8 Å². The summed E-state index contributed by atoms with van der Waals surface area (Å²) in [5.41, 5.74) is 1.73. The molecule has 0 aliphatic rings. The first kappa shape index (κ1) is 21.0. The van der Waals surface area contributed by atoms with Crippen LogP contribution in [0.15, 0.2) is 47.3 Å². The predicted octanol–water partition coefficient (Wildman–Crippen LogP) is 4.11. The zero-order chi connectivity index (χ0) is 21.0. The Kier molecular flexibility index (Phi) is 6.35. The van der Waals surface area contributed by atoms with E-state index in [1.54, 1.807) is 6.07 Å². The molecule has 2 aromatic carbocycles. The average Bonchev–Trinajstić information content (AvgIpc) is 2.67. The number of nitrogens with zero attached hydrogens (tertiary/aromatic N) is 2. The van der Waals surface area contributed by atoms with Crippen LogP contribution in [-0.4, -0.2) is 33.3 Å². The molecule has 0 radical (unpaired) electrons. The number of hydrogen-bond donors (Lipinski definition) is 2. The lowest BCUT2D eigenvalue weighted by Gasteiger charge is -2.18. The number of aromatic amines is 1. The van der Waals surface area contributed by atoms with Gasteiger partial charge in [-0.2, -0.15) is 4.98 Å². The summed E-state index contributed by atoms with van der Waals surface area (Å²) in [7, 11) is 0. The molecule has 0 aliphatic heterocycles. The van der Waals surface area contributed by atoms with E-state index in [9.17, 15) is 4.79 Å². The molecular formula is C22H24ClN3O3. The number of aliphatic hydroxyl groups is 1. The molecule has 152 valence electrons. The van der Waals surface area contributed by atoms with E-state index in [-0.39, 0.29) is 12.0 Å². The zero-order valence-corrected chi connectivity index (χ0v) is 17.5. The first-order valence-electron chi connectivity index (χ1n) is 9.36. The van der Waals surface area contributed by atoms with Gasteiger partial charge in [-0.15, -0.1) is 0 Å². The van der Waals surface area contributed by atoms with Crippen molar-refractivity contribution in [2.75, 3.05) is 13.2 Å². The van der Waals surface area contributed by atoms with Crippen LogP contribution in [0.25, 0.3) is 22.8 Å². The van der Waals surface area contributed by atoms with Gasteiger partial charge in [-0.3, -0.25) is 4.98 Å². The Balaban J connectivity index is 1.92. The molecule has 3 aromatic rings. The van der Waals surface area contributed by atoms with Gasteiger partial charge in [0.2, 0.25) is 0 Å². The molecule has 0 aliphatic carbocycles. The normalized spacial score (nSPS) is 11.5. The van der Waals surface area contributed by atoms with Crippen LogP contribution in [0.4, 0.5) is 0 Å². The quantitative estimate of drug-likeness (QED) is 0.634. The zero-order valence-electron chi connectivity index (χ0n) is 16.7. The molecule has 29 heavy (non-hydrogen) atoms. The van der Waals surface area contributed by atoms with Crippen LogP contribution in [-0.2, 0) is 6.42 Å². The summed E-state index contributed by atoms with van der Waals surface area (Å²) in [6.07, 6.45) is 0.488. The van der Waals surface area contributed by atoms with E-state index < -0.39 is 5.69 Å². The Labute approximate surface area is 174 Å². The maximum Gasteiger partial charge on any atom is 0.348 e. The minimum Gasteiger partial charge on any atom is -0.493 e. The van der Waals surface area contributed by atoms with Crippen LogP contribution in [0.1, 0.15) is 26.3 Å². The summed E-state index contributed by atoms with van der Waals surface area (Å²) >= 11 is 6.31. The highest BCUT2D eigenvalue weighted by Crippen LogP contribution is 2.27. The SMILES string of the molecule is CC(C)(C)COc1ccc(-c2nc(-c3cc(CCO)ccc3Cl)[nH]c(=O)n2)cc1. The Morgan fingerprint density at radius 1 is 1.10 bits per heavy atom. The van der Waals surface area contributed by atoms with Gasteiger partial charge in [0, 0.05) is 17.7 Å². The van der Waals surface area contributed by atoms with Gasteiger partial charge in [0.1, 0.15) is 11.6 Å². The van der Waals surface area contributed by atoms with Crippen LogP contribution in [0.2, 0.25) is 5.02 Å². The molecule has 1 aromatic heterocycles. The predicted molar refractivity (Wildman–Crippen MR) is 114 cm³/mol. The van der Waals surface area contributed by atoms with Gasteiger partial charge in [-0.25, -0.2) is 9.78 Å². The molecule has 0 bridgehead atoms. The summed E-state index contributed by atoms with van der Waals surface area (Å²) in [5, 5.41) is 9.62. The minimum absolute atomic E-state index is 0.0241. The number of hydrogen-bond acceptors (Lipinski definition) is 5. The highest BCUT2D eigenvalue weighted by Gasteiger charge is 2.13. The van der Waals surface area contributed by atoms with E-state index in [4.69, 9.17) is 21.4 Å². The number of halogens is 1. The van der Waals surface area contributed by atoms with Crippen molar-refractivity contribution in [1.29, 1.82) is 0 Å². The van der Waals surface area contributed by atoms with Gasteiger partial charge >= 0.3 is 5.69 Å². The number of aromatic nitrogens is 3. The number of aliphatic hydroxyl groups excluding tert-OH is 1. The molecular weight excluding hydrogens is 390 g/mol. The molecule has 3 rings (SSSR count). The molecule has 7 heteroatoms. The number of rotatable bonds is 6. The largest absolute Gasteiger partial charge is 0.493 e. The summed E-state index contributed by atoms with van der Waals surface area (Å²) in [4.78, 5) is 23.3. The molecule has 0 spiro atoms. The van der Waals surface area contributed by atoms with Crippen LogP contribution < -0.4 is 10.4 Å². The summed E-state index contributed by atoms with van der Waals surface area (Å²) in [6, 6.07) is 12.7. The van der Waals surface area contributed by atoms with E-state index in [1.165, 1.54) is 0 Å². The molecule has 0 amide bonds. The van der Waals surface area contributed by atoms with Crippen molar-refractivity contribution in [3.63, 3.8) is 0 Å². The van der Waals surface area contributed by atoms with E-state index in [0.717, 1.165) is 11.3 Å². The number of nitrogens with one attached hydrogen (secondary N) is 1. The molecule has 0 unspecified atom stereocenters. The second kappa shape index (κ2) is 8.76. The number of ether oxygens (including phenoxy) is 1. The highest BCUT2D eigenvalue weighted by molar-refractivity contribution is 6.33. The van der Waals surface area contributed by atoms with Crippen LogP contribution in [0, 0.1) is 5.41 Å². The average molecular weight is 414 g/mol. The van der Waals surface area contributed by atoms with Crippen LogP contribution in [0.3, 0.4) is 0 Å². The van der Waals surface area contributed by atoms with E-state index in [0.29, 0.717) is 40.8 Å². The van der Waals surface area contributed by atoms with E-state index >= 15 is 0 Å². The van der Waals surface area contributed by atoms with E-state index in [1.807, 2.05) is 36.4 Å². The maximum absolute atomic E-state index is 12.1. The maximum atomic E-state index is 12.1. The summed E-state index contributed by atoms with van der Waals surface area (Å²) < 4.78 is 5.78. The molecule has 6 nitrogen and oxygen atoms in total. The fourth-order valence-electron chi connectivity index (χ4n) is 2.68. The third-order valence-corrected chi connectivity index (χ3v) is 4.45. The Hall–Kier alpha value is -2.70. The Morgan fingerprint density at radius 2 is 1.83 bits per heavy atom. The van der Waals surface area contributed by atoms with Crippen LogP contribution >= 0.6 is 11.6 Å². The standard InChI is InChI=1S/C22H24ClN3O3/c1-22(2,3)13-29-16-7-5-15(6-8-16)19-24-20(26-21(28)25-19)17-12-14(10-11-27)4-9-18(17)23/h4-9,12,27H,10-11,13H2,1-3H3,(H,24,25,26,28). The van der Waals surface area contributed by atoms with Crippen molar-refractivity contribution in [3.05, 3.63) is 63.5 Å². The smallest absolute Gasteiger partial charge is 0.348 e. The molecule has 0 atom stereocenters. The number of benzene rings is 2.